The van der Waals surface area contributed by atoms with Crippen LogP contribution in [0.4, 0.5) is 0 Å². The van der Waals surface area contributed by atoms with Gasteiger partial charge in [0.25, 0.3) is 0 Å². The highest BCUT2D eigenvalue weighted by Crippen LogP contribution is 2.17. The predicted molar refractivity (Wildman–Crippen MR) is 325 cm³/mol. The zero-order chi connectivity index (χ0) is 54.3. The largest absolute Gasteiger partial charge is 0.462 e. The molecule has 0 aliphatic heterocycles. The molecule has 0 saturated heterocycles. The maximum atomic E-state index is 12.9. The lowest BCUT2D eigenvalue weighted by atomic mass is 10.0. The summed E-state index contributed by atoms with van der Waals surface area (Å²) in [7, 11) is 0. The molecule has 0 spiro atoms. The van der Waals surface area contributed by atoms with E-state index < -0.39 is 6.10 Å². The van der Waals surface area contributed by atoms with Crippen molar-refractivity contribution in [2.75, 3.05) is 13.2 Å². The molecule has 0 heterocycles. The Bertz CT molecular complexity index is 1430. The van der Waals surface area contributed by atoms with E-state index in [1.807, 2.05) is 0 Å². The van der Waals surface area contributed by atoms with Gasteiger partial charge in [-0.2, -0.15) is 0 Å². The molecule has 6 nitrogen and oxygen atoms in total. The molecule has 0 fully saturated rings. The molecule has 0 radical (unpaired) electrons. The van der Waals surface area contributed by atoms with Crippen LogP contribution in [0.2, 0.25) is 0 Å². The zero-order valence-corrected chi connectivity index (χ0v) is 49.6. The van der Waals surface area contributed by atoms with Crippen LogP contribution in [0.3, 0.4) is 0 Å². The lowest BCUT2D eigenvalue weighted by Gasteiger charge is -2.18. The molecule has 0 N–H and O–H groups in total. The fourth-order valence-corrected chi connectivity index (χ4v) is 9.13. The molecule has 0 aliphatic carbocycles. The summed E-state index contributed by atoms with van der Waals surface area (Å²) in [4.78, 5) is 38.1. The first-order chi connectivity index (χ1) is 37.0. The van der Waals surface area contributed by atoms with Crippen LogP contribution >= 0.6 is 0 Å². The van der Waals surface area contributed by atoms with Crippen LogP contribution in [0.15, 0.2) is 85.1 Å². The monoisotopic (exact) mass is 1040 g/mol. The normalized spacial score (nSPS) is 12.6. The van der Waals surface area contributed by atoms with Crippen molar-refractivity contribution in [3.05, 3.63) is 85.1 Å². The van der Waals surface area contributed by atoms with E-state index in [-0.39, 0.29) is 31.1 Å². The summed E-state index contributed by atoms with van der Waals surface area (Å²) in [5.41, 5.74) is 0. The highest BCUT2D eigenvalue weighted by Gasteiger charge is 2.19. The Hall–Kier alpha value is -3.41. The van der Waals surface area contributed by atoms with Crippen molar-refractivity contribution >= 4 is 17.9 Å². The summed E-state index contributed by atoms with van der Waals surface area (Å²) in [6, 6.07) is 0. The summed E-state index contributed by atoms with van der Waals surface area (Å²) in [6.45, 7) is 6.52. The average molecular weight is 1050 g/mol. The van der Waals surface area contributed by atoms with E-state index >= 15 is 0 Å². The fraction of sp³-hybridized carbons (Fsp3) is 0.754. The Morgan fingerprint density at radius 2 is 0.520 bits per heavy atom. The number of allylic oxidation sites excluding steroid dienone is 14. The van der Waals surface area contributed by atoms with Gasteiger partial charge in [-0.15, -0.1) is 0 Å². The molecule has 1 atom stereocenters. The van der Waals surface area contributed by atoms with Crippen molar-refractivity contribution in [1.29, 1.82) is 0 Å². The molecule has 0 aromatic rings. The number of unbranched alkanes of at least 4 members (excludes halogenated alkanes) is 33. The molecule has 0 bridgehead atoms. The first kappa shape index (κ1) is 71.6. The summed E-state index contributed by atoms with van der Waals surface area (Å²) in [6.07, 6.45) is 83.2. The molecule has 75 heavy (non-hydrogen) atoms. The molecule has 1 unspecified atom stereocenters. The molecule has 0 saturated carbocycles. The molecule has 6 heteroatoms. The molecule has 432 valence electrons. The van der Waals surface area contributed by atoms with E-state index in [0.717, 1.165) is 109 Å². The summed E-state index contributed by atoms with van der Waals surface area (Å²) in [5, 5.41) is 0. The van der Waals surface area contributed by atoms with Crippen LogP contribution in [0, 0.1) is 0 Å². The number of ether oxygens (including phenoxy) is 3. The van der Waals surface area contributed by atoms with Crippen molar-refractivity contribution in [3.8, 4) is 0 Å². The van der Waals surface area contributed by atoms with Crippen molar-refractivity contribution in [2.24, 2.45) is 0 Å². The Kier molecular flexibility index (Phi) is 60.3. The molecular formula is C69H120O6. The van der Waals surface area contributed by atoms with Crippen LogP contribution in [0.25, 0.3) is 0 Å². The molecule has 0 rings (SSSR count). The van der Waals surface area contributed by atoms with Gasteiger partial charge in [-0.25, -0.2) is 0 Å². The maximum absolute atomic E-state index is 12.9. The third-order valence-electron chi connectivity index (χ3n) is 13.9. The quantitative estimate of drug-likeness (QED) is 0.0261. The van der Waals surface area contributed by atoms with Crippen LogP contribution < -0.4 is 0 Å². The second-order valence-electron chi connectivity index (χ2n) is 21.3. The van der Waals surface area contributed by atoms with Crippen LogP contribution in [-0.2, 0) is 28.6 Å². The Morgan fingerprint density at radius 3 is 0.813 bits per heavy atom. The van der Waals surface area contributed by atoms with Gasteiger partial charge in [-0.1, -0.05) is 305 Å². The minimum Gasteiger partial charge on any atom is -0.462 e. The minimum absolute atomic E-state index is 0.0760. The number of rotatable bonds is 58. The highest BCUT2D eigenvalue weighted by molar-refractivity contribution is 5.71. The van der Waals surface area contributed by atoms with Crippen LogP contribution in [0.5, 0.6) is 0 Å². The maximum Gasteiger partial charge on any atom is 0.306 e. The third-order valence-corrected chi connectivity index (χ3v) is 13.9. The van der Waals surface area contributed by atoms with Gasteiger partial charge in [0.05, 0.1) is 0 Å². The SMILES string of the molecule is CC/C=C\C/C=C\C/C=C\C/C=C\C/C=C\C/C=C\C/C=C\CCCCCCCCCC(=O)OCC(COC(=O)CCCCCCCCCC)OC(=O)CCCCCCCCCCCCCCCCCCCCCC. The van der Waals surface area contributed by atoms with E-state index in [2.05, 4.69) is 106 Å². The second kappa shape index (κ2) is 63.1. The standard InChI is InChI=1S/C69H120O6/c1-4-7-10-13-16-19-21-23-25-27-29-31-32-33-34-35-36-37-38-39-41-42-44-46-48-50-53-56-59-62-68(71)74-65-66(64-73-67(70)61-58-55-52-18-15-12-9-6-3)75-69(72)63-60-57-54-51-49-47-45-43-40-30-28-26-24-22-20-17-14-11-8-5-2/h7,10,16,19,23,25,29,31,33-34,36-37,39,41,66H,4-6,8-9,11-15,17-18,20-22,24,26-28,30,32,35,38,40,42-65H2,1-3H3/b10-7-,19-16-,25-23-,31-29-,34-33-,37-36-,41-39-. The van der Waals surface area contributed by atoms with E-state index in [1.54, 1.807) is 0 Å². The molecule has 0 aliphatic rings. The van der Waals surface area contributed by atoms with Gasteiger partial charge in [0, 0.05) is 19.3 Å². The van der Waals surface area contributed by atoms with Gasteiger partial charge in [-0.05, 0) is 77.0 Å². The van der Waals surface area contributed by atoms with Crippen molar-refractivity contribution < 1.29 is 28.6 Å². The van der Waals surface area contributed by atoms with Gasteiger partial charge < -0.3 is 14.2 Å². The number of carbonyl (C=O) groups is 3. The second-order valence-corrected chi connectivity index (χ2v) is 21.3. The Balaban J connectivity index is 4.19. The Morgan fingerprint density at radius 1 is 0.280 bits per heavy atom. The van der Waals surface area contributed by atoms with E-state index in [1.165, 1.54) is 167 Å². The van der Waals surface area contributed by atoms with Gasteiger partial charge in [0.1, 0.15) is 13.2 Å². The zero-order valence-electron chi connectivity index (χ0n) is 49.6. The van der Waals surface area contributed by atoms with Crippen molar-refractivity contribution in [1.82, 2.24) is 0 Å². The number of carbonyl (C=O) groups excluding carboxylic acids is 3. The van der Waals surface area contributed by atoms with E-state index in [9.17, 15) is 14.4 Å². The lowest BCUT2D eigenvalue weighted by molar-refractivity contribution is -0.167. The van der Waals surface area contributed by atoms with Gasteiger partial charge in [0.2, 0.25) is 0 Å². The summed E-state index contributed by atoms with van der Waals surface area (Å²) in [5.74, 6) is -0.878. The van der Waals surface area contributed by atoms with Gasteiger partial charge in [0.15, 0.2) is 6.10 Å². The predicted octanol–water partition coefficient (Wildman–Crippen LogP) is 21.9. The Labute approximate surface area is 465 Å². The van der Waals surface area contributed by atoms with E-state index in [0.29, 0.717) is 19.3 Å². The molecule has 0 aromatic carbocycles. The van der Waals surface area contributed by atoms with Crippen molar-refractivity contribution in [2.45, 2.75) is 322 Å². The molecule has 0 amide bonds. The summed E-state index contributed by atoms with van der Waals surface area (Å²) >= 11 is 0. The highest BCUT2D eigenvalue weighted by atomic mass is 16.6. The average Bonchev–Trinajstić information content (AvgIpc) is 3.41. The third kappa shape index (κ3) is 61.3. The van der Waals surface area contributed by atoms with Crippen LogP contribution in [0.1, 0.15) is 316 Å². The topological polar surface area (TPSA) is 78.9 Å². The first-order valence-corrected chi connectivity index (χ1v) is 32.1. The first-order valence-electron chi connectivity index (χ1n) is 32.1. The van der Waals surface area contributed by atoms with Gasteiger partial charge in [-0.3, -0.25) is 14.4 Å². The van der Waals surface area contributed by atoms with Crippen molar-refractivity contribution in [3.63, 3.8) is 0 Å². The molecular weight excluding hydrogens is 925 g/mol. The number of esters is 3. The fourth-order valence-electron chi connectivity index (χ4n) is 9.13. The lowest BCUT2D eigenvalue weighted by Crippen LogP contribution is -2.30. The van der Waals surface area contributed by atoms with Crippen LogP contribution in [-0.4, -0.2) is 37.2 Å². The number of hydrogen-bond donors (Lipinski definition) is 0. The minimum atomic E-state index is -0.777. The van der Waals surface area contributed by atoms with E-state index in [4.69, 9.17) is 14.2 Å². The van der Waals surface area contributed by atoms with Gasteiger partial charge >= 0.3 is 17.9 Å². The molecule has 0 aromatic heterocycles. The number of hydrogen-bond acceptors (Lipinski definition) is 6. The summed E-state index contributed by atoms with van der Waals surface area (Å²) < 4.78 is 16.9. The smallest absolute Gasteiger partial charge is 0.306 e.